The second-order valence-corrected chi connectivity index (χ2v) is 15.0. The van der Waals surface area contributed by atoms with Gasteiger partial charge in [0.05, 0.1) is 10.6 Å². The molecule has 0 bridgehead atoms. The van der Waals surface area contributed by atoms with Gasteiger partial charge in [-0.2, -0.15) is 0 Å². The van der Waals surface area contributed by atoms with Gasteiger partial charge in [0, 0.05) is 52.9 Å². The molecule has 0 radical (unpaired) electrons. The molecule has 0 aliphatic carbocycles. The normalized spacial score (nSPS) is 19.9. The lowest BCUT2D eigenvalue weighted by Gasteiger charge is -2.49. The number of esters is 2. The predicted molar refractivity (Wildman–Crippen MR) is 168 cm³/mol. The number of nitrogens with zero attached hydrogens (tertiary/aromatic N) is 1. The van der Waals surface area contributed by atoms with Crippen molar-refractivity contribution in [1.29, 1.82) is 0 Å². The van der Waals surface area contributed by atoms with Gasteiger partial charge in [-0.15, -0.1) is 11.8 Å². The first-order valence-corrected chi connectivity index (χ1v) is 17.1. The van der Waals surface area contributed by atoms with Crippen LogP contribution >= 0.6 is 11.8 Å². The Morgan fingerprint density at radius 1 is 1.15 bits per heavy atom. The SMILES string of the molecule is CC(=O)OCC1=C(C(=O)OC(C)(C)C)N2C(=O)C(NC(=O)COc3ccc4c(c3)S(=O)(=O)NCc3c-4[nH]c4ccc(F)cc34)C2SC1. The van der Waals surface area contributed by atoms with E-state index in [1.165, 1.54) is 47.9 Å². The van der Waals surface area contributed by atoms with Crippen LogP contribution in [0, 0.1) is 5.82 Å². The third kappa shape index (κ3) is 6.32. The minimum Gasteiger partial charge on any atom is -0.484 e. The third-order valence-corrected chi connectivity index (χ3v) is 10.4. The van der Waals surface area contributed by atoms with Gasteiger partial charge in [0.1, 0.15) is 40.9 Å². The van der Waals surface area contributed by atoms with Gasteiger partial charge in [-0.05, 0) is 51.1 Å². The van der Waals surface area contributed by atoms with Crippen LogP contribution in [0.4, 0.5) is 4.39 Å². The first kappa shape index (κ1) is 32.5. The maximum absolute atomic E-state index is 14.0. The zero-order chi connectivity index (χ0) is 33.8. The lowest BCUT2D eigenvalue weighted by atomic mass is 10.0. The fourth-order valence-electron chi connectivity index (χ4n) is 5.56. The van der Waals surface area contributed by atoms with Gasteiger partial charge < -0.3 is 24.5 Å². The number of nitrogens with one attached hydrogen (secondary N) is 3. The van der Waals surface area contributed by atoms with Crippen LogP contribution in [0.1, 0.15) is 33.3 Å². The minimum absolute atomic E-state index is 0.0141. The Labute approximate surface area is 273 Å². The summed E-state index contributed by atoms with van der Waals surface area (Å²) in [7, 11) is -3.99. The van der Waals surface area contributed by atoms with Crippen molar-refractivity contribution < 1.29 is 46.2 Å². The van der Waals surface area contributed by atoms with Crippen molar-refractivity contribution >= 4 is 56.4 Å². The number of sulfonamides is 1. The largest absolute Gasteiger partial charge is 0.484 e. The summed E-state index contributed by atoms with van der Waals surface area (Å²) in [4.78, 5) is 55.0. The number of hydrogen-bond acceptors (Lipinski definition) is 10. The van der Waals surface area contributed by atoms with E-state index in [-0.39, 0.29) is 35.2 Å². The second kappa shape index (κ2) is 12.0. The van der Waals surface area contributed by atoms with Gasteiger partial charge in [-0.25, -0.2) is 22.3 Å². The van der Waals surface area contributed by atoms with E-state index in [9.17, 15) is 32.0 Å². The molecule has 2 aromatic carbocycles. The van der Waals surface area contributed by atoms with Crippen molar-refractivity contribution in [2.24, 2.45) is 0 Å². The molecule has 3 aromatic rings. The molecule has 4 heterocycles. The van der Waals surface area contributed by atoms with Gasteiger partial charge >= 0.3 is 11.9 Å². The molecule has 2 amide bonds. The van der Waals surface area contributed by atoms with E-state index in [0.29, 0.717) is 33.3 Å². The van der Waals surface area contributed by atoms with Crippen LogP contribution in [-0.2, 0) is 45.2 Å². The maximum Gasteiger partial charge on any atom is 0.355 e. The first-order valence-electron chi connectivity index (χ1n) is 14.5. The highest BCUT2D eigenvalue weighted by Gasteiger charge is 2.54. The Bertz CT molecular complexity index is 1980. The zero-order valence-corrected chi connectivity index (χ0v) is 27.4. The summed E-state index contributed by atoms with van der Waals surface area (Å²) >= 11 is 1.29. The quantitative estimate of drug-likeness (QED) is 0.248. The molecule has 0 saturated carbocycles. The number of ether oxygens (including phenoxy) is 3. The molecule has 13 nitrogen and oxygen atoms in total. The van der Waals surface area contributed by atoms with Crippen molar-refractivity contribution in [2.75, 3.05) is 19.0 Å². The van der Waals surface area contributed by atoms with Crippen LogP contribution in [0.25, 0.3) is 22.2 Å². The molecule has 0 spiro atoms. The molecule has 1 saturated heterocycles. The average Bonchev–Trinajstić information content (AvgIpc) is 3.31. The maximum atomic E-state index is 14.0. The number of aromatic nitrogens is 1. The van der Waals surface area contributed by atoms with E-state index in [1.54, 1.807) is 32.9 Å². The van der Waals surface area contributed by atoms with Crippen LogP contribution < -0.4 is 14.8 Å². The molecular weight excluding hydrogens is 655 g/mol. The molecule has 6 rings (SSSR count). The Morgan fingerprint density at radius 3 is 2.64 bits per heavy atom. The number of benzene rings is 2. The standard InChI is InChI=1S/C31H31FN4O9S2/c1-15(37)43-12-16-14-46-29-26(28(39)36(29)27(16)30(40)45-31(2,3)4)35-24(38)13-44-18-6-7-19-23(10-18)47(41,42)33-11-21-20-9-17(32)5-8-22(20)34-25(19)21/h5-10,26,29,33-34H,11-14H2,1-4H3,(H,35,38). The molecule has 2 atom stereocenters. The zero-order valence-electron chi connectivity index (χ0n) is 25.8. The monoisotopic (exact) mass is 686 g/mol. The van der Waals surface area contributed by atoms with Crippen LogP contribution in [0.15, 0.2) is 52.6 Å². The number of carbonyl (C=O) groups is 4. The Balaban J connectivity index is 1.16. The van der Waals surface area contributed by atoms with Crippen molar-refractivity contribution in [3.63, 3.8) is 0 Å². The number of H-pyrrole nitrogens is 1. The number of thioether (sulfide) groups is 1. The van der Waals surface area contributed by atoms with Crippen LogP contribution in [0.3, 0.4) is 0 Å². The van der Waals surface area contributed by atoms with Crippen molar-refractivity contribution in [3.05, 3.63) is 59.0 Å². The summed E-state index contributed by atoms with van der Waals surface area (Å²) in [6.07, 6.45) is 0. The third-order valence-electron chi connectivity index (χ3n) is 7.59. The second-order valence-electron chi connectivity index (χ2n) is 12.1. The summed E-state index contributed by atoms with van der Waals surface area (Å²) < 4.78 is 59.0. The molecule has 3 N–H and O–H groups in total. The number of carbonyl (C=O) groups excluding carboxylic acids is 4. The fraction of sp³-hybridized carbons (Fsp3) is 0.355. The molecule has 248 valence electrons. The van der Waals surface area contributed by atoms with Crippen LogP contribution in [0.2, 0.25) is 0 Å². The van der Waals surface area contributed by atoms with Crippen LogP contribution in [-0.4, -0.2) is 78.0 Å². The van der Waals surface area contributed by atoms with Crippen molar-refractivity contribution in [2.45, 2.75) is 56.2 Å². The van der Waals surface area contributed by atoms with Gasteiger partial charge in [0.15, 0.2) is 6.61 Å². The van der Waals surface area contributed by atoms with Gasteiger partial charge in [0.25, 0.3) is 11.8 Å². The number of hydrogen-bond donors (Lipinski definition) is 3. The number of rotatable bonds is 7. The summed E-state index contributed by atoms with van der Waals surface area (Å²) in [5, 5.41) is 2.57. The highest BCUT2D eigenvalue weighted by Crippen LogP contribution is 2.42. The number of aromatic amines is 1. The minimum atomic E-state index is -3.99. The molecule has 2 unspecified atom stereocenters. The van der Waals surface area contributed by atoms with Gasteiger partial charge in [-0.1, -0.05) is 0 Å². The van der Waals surface area contributed by atoms with E-state index in [4.69, 9.17) is 14.2 Å². The topological polar surface area (TPSA) is 173 Å². The van der Waals surface area contributed by atoms with Gasteiger partial charge in [0.2, 0.25) is 10.0 Å². The Hall–Kier alpha value is -4.41. The van der Waals surface area contributed by atoms with Crippen molar-refractivity contribution in [1.82, 2.24) is 19.9 Å². The van der Waals surface area contributed by atoms with Gasteiger partial charge in [-0.3, -0.25) is 19.3 Å². The fourth-order valence-corrected chi connectivity index (χ4v) is 8.11. The first-order chi connectivity index (χ1) is 22.1. The average molecular weight is 687 g/mol. The van der Waals surface area contributed by atoms with E-state index >= 15 is 0 Å². The molecular formula is C31H31FN4O9S2. The lowest BCUT2D eigenvalue weighted by Crippen LogP contribution is -2.71. The van der Waals surface area contributed by atoms with Crippen LogP contribution in [0.5, 0.6) is 5.75 Å². The molecule has 3 aliphatic heterocycles. The lowest BCUT2D eigenvalue weighted by molar-refractivity contribution is -0.159. The number of amides is 2. The smallest absolute Gasteiger partial charge is 0.355 e. The van der Waals surface area contributed by atoms with E-state index < -0.39 is 63.2 Å². The molecule has 1 aromatic heterocycles. The summed E-state index contributed by atoms with van der Waals surface area (Å²) in [6.45, 7) is 5.51. The summed E-state index contributed by atoms with van der Waals surface area (Å²) in [6, 6.07) is 7.62. The highest BCUT2D eigenvalue weighted by atomic mass is 32.2. The summed E-state index contributed by atoms with van der Waals surface area (Å²) in [5.74, 6) is -2.59. The number of halogens is 1. The molecule has 47 heavy (non-hydrogen) atoms. The summed E-state index contributed by atoms with van der Waals surface area (Å²) in [5.41, 5.74) is 1.67. The number of fused-ring (bicyclic) bond motifs is 6. The molecule has 3 aliphatic rings. The predicted octanol–water partition coefficient (Wildman–Crippen LogP) is 2.70. The van der Waals surface area contributed by atoms with Crippen molar-refractivity contribution in [3.8, 4) is 17.0 Å². The van der Waals surface area contributed by atoms with E-state index in [1.807, 2.05) is 0 Å². The van der Waals surface area contributed by atoms with E-state index in [2.05, 4.69) is 15.0 Å². The van der Waals surface area contributed by atoms with E-state index in [0.717, 1.165) is 0 Å². The molecule has 1 fully saturated rings. The highest BCUT2D eigenvalue weighted by molar-refractivity contribution is 8.00. The Kier molecular flexibility index (Phi) is 8.30. The number of β-lactam (4-membered cyclic amide) rings is 1. The Morgan fingerprint density at radius 2 is 1.91 bits per heavy atom. The molecule has 16 heteroatoms.